The highest BCUT2D eigenvalue weighted by Crippen LogP contribution is 2.26. The van der Waals surface area contributed by atoms with Crippen LogP contribution in [0, 0.1) is 6.92 Å². The number of nitrogens with zero attached hydrogens (tertiary/aromatic N) is 1. The quantitative estimate of drug-likeness (QED) is 0.910. The van der Waals surface area contributed by atoms with Gasteiger partial charge in [-0.2, -0.15) is 0 Å². The van der Waals surface area contributed by atoms with Crippen molar-refractivity contribution in [2.45, 2.75) is 19.4 Å². The molecule has 1 aromatic carbocycles. The van der Waals surface area contributed by atoms with Crippen molar-refractivity contribution in [2.24, 2.45) is 0 Å². The van der Waals surface area contributed by atoms with Gasteiger partial charge in [-0.1, -0.05) is 23.7 Å². The van der Waals surface area contributed by atoms with Crippen molar-refractivity contribution in [3.05, 3.63) is 64.4 Å². The number of hydrogen-bond acceptors (Lipinski definition) is 2. The minimum atomic E-state index is 0.223. The summed E-state index contributed by atoms with van der Waals surface area (Å²) in [5.74, 6) is 0. The SMILES string of the molecule is CNC(Cc1ccncc1)c1ccc(C)cc1Cl. The Morgan fingerprint density at radius 2 is 1.94 bits per heavy atom. The van der Waals surface area contributed by atoms with E-state index in [-0.39, 0.29) is 6.04 Å². The van der Waals surface area contributed by atoms with Crippen LogP contribution in [0.5, 0.6) is 0 Å². The predicted octanol–water partition coefficient (Wildman–Crippen LogP) is 3.55. The van der Waals surface area contributed by atoms with Crippen molar-refractivity contribution >= 4 is 11.6 Å². The van der Waals surface area contributed by atoms with Crippen molar-refractivity contribution in [1.82, 2.24) is 10.3 Å². The van der Waals surface area contributed by atoms with Gasteiger partial charge in [-0.25, -0.2) is 0 Å². The van der Waals surface area contributed by atoms with Crippen LogP contribution in [0.3, 0.4) is 0 Å². The van der Waals surface area contributed by atoms with Crippen LogP contribution >= 0.6 is 11.6 Å². The zero-order valence-electron chi connectivity index (χ0n) is 10.7. The van der Waals surface area contributed by atoms with Gasteiger partial charge >= 0.3 is 0 Å². The minimum Gasteiger partial charge on any atom is -0.313 e. The normalized spacial score (nSPS) is 12.4. The van der Waals surface area contributed by atoms with Gasteiger partial charge in [-0.05, 0) is 55.3 Å². The van der Waals surface area contributed by atoms with Crippen molar-refractivity contribution < 1.29 is 0 Å². The average Bonchev–Trinajstić information content (AvgIpc) is 2.38. The van der Waals surface area contributed by atoms with Gasteiger partial charge in [0.1, 0.15) is 0 Å². The van der Waals surface area contributed by atoms with Crippen molar-refractivity contribution in [2.75, 3.05) is 7.05 Å². The molecule has 1 atom stereocenters. The van der Waals surface area contributed by atoms with Gasteiger partial charge in [0.2, 0.25) is 0 Å². The second-order valence-corrected chi connectivity index (χ2v) is 4.83. The lowest BCUT2D eigenvalue weighted by Crippen LogP contribution is -2.19. The number of aromatic nitrogens is 1. The number of hydrogen-bond donors (Lipinski definition) is 1. The Kier molecular flexibility index (Phi) is 4.34. The first-order valence-electron chi connectivity index (χ1n) is 6.03. The van der Waals surface area contributed by atoms with E-state index in [0.717, 1.165) is 17.0 Å². The molecular weight excluding hydrogens is 244 g/mol. The summed E-state index contributed by atoms with van der Waals surface area (Å²) in [5, 5.41) is 4.14. The Morgan fingerprint density at radius 3 is 2.56 bits per heavy atom. The molecule has 1 N–H and O–H groups in total. The molecular formula is C15H17ClN2. The van der Waals surface area contributed by atoms with Crippen LogP contribution in [-0.2, 0) is 6.42 Å². The van der Waals surface area contributed by atoms with E-state index in [2.05, 4.69) is 22.4 Å². The van der Waals surface area contributed by atoms with E-state index >= 15 is 0 Å². The number of aryl methyl sites for hydroxylation is 1. The molecule has 1 unspecified atom stereocenters. The van der Waals surface area contributed by atoms with Gasteiger partial charge in [0.15, 0.2) is 0 Å². The van der Waals surface area contributed by atoms with E-state index in [4.69, 9.17) is 11.6 Å². The lowest BCUT2D eigenvalue weighted by atomic mass is 9.98. The summed E-state index contributed by atoms with van der Waals surface area (Å²) in [6.45, 7) is 2.05. The fourth-order valence-electron chi connectivity index (χ4n) is 2.04. The van der Waals surface area contributed by atoms with E-state index in [9.17, 15) is 0 Å². The number of nitrogens with one attached hydrogen (secondary N) is 1. The second kappa shape index (κ2) is 5.98. The molecule has 2 aromatic rings. The number of halogens is 1. The molecule has 94 valence electrons. The maximum Gasteiger partial charge on any atom is 0.0456 e. The Labute approximate surface area is 113 Å². The van der Waals surface area contributed by atoms with Gasteiger partial charge in [-0.3, -0.25) is 4.98 Å². The van der Waals surface area contributed by atoms with E-state index in [0.29, 0.717) is 0 Å². The summed E-state index contributed by atoms with van der Waals surface area (Å²) in [5.41, 5.74) is 3.57. The molecule has 1 heterocycles. The molecule has 1 aromatic heterocycles. The first kappa shape index (κ1) is 13.1. The number of likely N-dealkylation sites (N-methyl/N-ethyl adjacent to an activating group) is 1. The van der Waals surface area contributed by atoms with Crippen LogP contribution in [0.2, 0.25) is 5.02 Å². The lowest BCUT2D eigenvalue weighted by Gasteiger charge is -2.18. The molecule has 0 spiro atoms. The molecule has 0 aliphatic carbocycles. The van der Waals surface area contributed by atoms with Crippen LogP contribution in [0.4, 0.5) is 0 Å². The summed E-state index contributed by atoms with van der Waals surface area (Å²) >= 11 is 6.32. The average molecular weight is 261 g/mol. The van der Waals surface area contributed by atoms with Crippen LogP contribution in [-0.4, -0.2) is 12.0 Å². The number of rotatable bonds is 4. The van der Waals surface area contributed by atoms with Crippen LogP contribution in [0.1, 0.15) is 22.7 Å². The maximum absolute atomic E-state index is 6.32. The van der Waals surface area contributed by atoms with Gasteiger partial charge in [0.25, 0.3) is 0 Å². The molecule has 0 amide bonds. The molecule has 0 aliphatic rings. The molecule has 0 radical (unpaired) electrons. The van der Waals surface area contributed by atoms with E-state index in [1.807, 2.05) is 44.6 Å². The largest absolute Gasteiger partial charge is 0.313 e. The third kappa shape index (κ3) is 3.09. The zero-order chi connectivity index (χ0) is 13.0. The first-order valence-corrected chi connectivity index (χ1v) is 6.40. The summed E-state index contributed by atoms with van der Waals surface area (Å²) in [6, 6.07) is 10.5. The highest BCUT2D eigenvalue weighted by molar-refractivity contribution is 6.31. The standard InChI is InChI=1S/C15H17ClN2/c1-11-3-4-13(14(16)9-11)15(17-2)10-12-5-7-18-8-6-12/h3-9,15,17H,10H2,1-2H3. The third-order valence-electron chi connectivity index (χ3n) is 3.07. The molecule has 18 heavy (non-hydrogen) atoms. The van der Waals surface area contributed by atoms with Crippen LogP contribution in [0.15, 0.2) is 42.7 Å². The first-order chi connectivity index (χ1) is 8.70. The molecule has 2 nitrogen and oxygen atoms in total. The second-order valence-electron chi connectivity index (χ2n) is 4.43. The van der Waals surface area contributed by atoms with Crippen molar-refractivity contribution in [3.8, 4) is 0 Å². The Morgan fingerprint density at radius 1 is 1.22 bits per heavy atom. The number of pyridine rings is 1. The molecule has 2 rings (SSSR count). The predicted molar refractivity (Wildman–Crippen MR) is 75.9 cm³/mol. The zero-order valence-corrected chi connectivity index (χ0v) is 11.4. The third-order valence-corrected chi connectivity index (χ3v) is 3.40. The minimum absolute atomic E-state index is 0.223. The number of benzene rings is 1. The highest BCUT2D eigenvalue weighted by atomic mass is 35.5. The molecule has 0 saturated heterocycles. The van der Waals surface area contributed by atoms with E-state index < -0.39 is 0 Å². The van der Waals surface area contributed by atoms with E-state index in [1.165, 1.54) is 11.1 Å². The van der Waals surface area contributed by atoms with Gasteiger partial charge < -0.3 is 5.32 Å². The van der Waals surface area contributed by atoms with E-state index in [1.54, 1.807) is 0 Å². The maximum atomic E-state index is 6.32. The van der Waals surface area contributed by atoms with Gasteiger partial charge in [0.05, 0.1) is 0 Å². The molecule has 0 saturated carbocycles. The van der Waals surface area contributed by atoms with Crippen LogP contribution in [0.25, 0.3) is 0 Å². The fraction of sp³-hybridized carbons (Fsp3) is 0.267. The Balaban J connectivity index is 2.23. The molecule has 0 bridgehead atoms. The molecule has 0 fully saturated rings. The highest BCUT2D eigenvalue weighted by Gasteiger charge is 2.13. The molecule has 0 aliphatic heterocycles. The summed E-state index contributed by atoms with van der Waals surface area (Å²) in [6.07, 6.45) is 4.54. The van der Waals surface area contributed by atoms with Crippen molar-refractivity contribution in [1.29, 1.82) is 0 Å². The summed E-state index contributed by atoms with van der Waals surface area (Å²) in [4.78, 5) is 4.03. The summed E-state index contributed by atoms with van der Waals surface area (Å²) < 4.78 is 0. The lowest BCUT2D eigenvalue weighted by molar-refractivity contribution is 0.592. The van der Waals surface area contributed by atoms with Gasteiger partial charge in [-0.15, -0.1) is 0 Å². The topological polar surface area (TPSA) is 24.9 Å². The van der Waals surface area contributed by atoms with Crippen molar-refractivity contribution in [3.63, 3.8) is 0 Å². The Hall–Kier alpha value is -1.38. The summed E-state index contributed by atoms with van der Waals surface area (Å²) in [7, 11) is 1.96. The monoisotopic (exact) mass is 260 g/mol. The smallest absolute Gasteiger partial charge is 0.0456 e. The van der Waals surface area contributed by atoms with Gasteiger partial charge in [0, 0.05) is 23.5 Å². The van der Waals surface area contributed by atoms with Crippen LogP contribution < -0.4 is 5.32 Å². The molecule has 3 heteroatoms. The Bertz CT molecular complexity index is 511. The fourth-order valence-corrected chi connectivity index (χ4v) is 2.40.